The number of unbranched alkanes of at least 4 members (excludes halogenated alkanes) is 1. The van der Waals surface area contributed by atoms with Crippen LogP contribution in [0.1, 0.15) is 130 Å². The van der Waals surface area contributed by atoms with Gasteiger partial charge in [-0.2, -0.15) is 0 Å². The standard InChI is InChI=1S/C38H71N5O7S/c1-6-9-21-43(40-51(49,50)27-29-13-11-10-12-14-29)26-35(45)34(22-28-15-17-33(44)18-16-28)39-36(46)30-23-31(37(47)41(4)5)25-32(24-30)38(48)42(19-7-2)20-8-3/h28-35,40,44-45H,6-27H2,1-5H3,(H,39,46). The van der Waals surface area contributed by atoms with Crippen LogP contribution in [0, 0.1) is 29.6 Å². The highest BCUT2D eigenvalue weighted by Crippen LogP contribution is 2.36. The fourth-order valence-electron chi connectivity index (χ4n) is 8.56. The minimum atomic E-state index is -3.63. The molecule has 3 rings (SSSR count). The van der Waals surface area contributed by atoms with Crippen LogP contribution in [0.4, 0.5) is 0 Å². The van der Waals surface area contributed by atoms with Crippen LogP contribution in [-0.4, -0.2) is 115 Å². The molecule has 13 heteroatoms. The van der Waals surface area contributed by atoms with Crippen molar-refractivity contribution in [3.63, 3.8) is 0 Å². The molecule has 0 bridgehead atoms. The van der Waals surface area contributed by atoms with Crippen LogP contribution in [0.3, 0.4) is 0 Å². The third-order valence-corrected chi connectivity index (χ3v) is 12.8. The summed E-state index contributed by atoms with van der Waals surface area (Å²) in [6.45, 7) is 7.82. The Kier molecular flexibility index (Phi) is 18.6. The van der Waals surface area contributed by atoms with Crippen LogP contribution < -0.4 is 10.1 Å². The van der Waals surface area contributed by atoms with E-state index in [4.69, 9.17) is 0 Å². The van der Waals surface area contributed by atoms with Crippen molar-refractivity contribution in [3.8, 4) is 0 Å². The fraction of sp³-hybridized carbons (Fsp3) is 0.921. The van der Waals surface area contributed by atoms with E-state index in [-0.39, 0.29) is 48.0 Å². The van der Waals surface area contributed by atoms with Crippen molar-refractivity contribution in [2.75, 3.05) is 46.0 Å². The highest BCUT2D eigenvalue weighted by atomic mass is 32.2. The van der Waals surface area contributed by atoms with Gasteiger partial charge in [0.2, 0.25) is 27.7 Å². The first-order valence-electron chi connectivity index (χ1n) is 20.2. The summed E-state index contributed by atoms with van der Waals surface area (Å²) >= 11 is 0. The molecule has 0 saturated heterocycles. The van der Waals surface area contributed by atoms with Gasteiger partial charge in [-0.15, -0.1) is 4.83 Å². The minimum absolute atomic E-state index is 0.00261. The van der Waals surface area contributed by atoms with Crippen LogP contribution >= 0.6 is 0 Å². The lowest BCUT2D eigenvalue weighted by atomic mass is 9.73. The van der Waals surface area contributed by atoms with Crippen molar-refractivity contribution in [2.24, 2.45) is 29.6 Å². The van der Waals surface area contributed by atoms with Crippen LogP contribution in [0.15, 0.2) is 0 Å². The molecule has 5 unspecified atom stereocenters. The molecule has 0 aliphatic heterocycles. The van der Waals surface area contributed by atoms with E-state index in [0.717, 1.165) is 70.6 Å². The van der Waals surface area contributed by atoms with Gasteiger partial charge in [0.15, 0.2) is 0 Å². The second-order valence-corrected chi connectivity index (χ2v) is 17.9. The summed E-state index contributed by atoms with van der Waals surface area (Å²) in [7, 11) is -0.231. The molecule has 0 aromatic heterocycles. The lowest BCUT2D eigenvalue weighted by Gasteiger charge is -2.38. The van der Waals surface area contributed by atoms with Crippen molar-refractivity contribution >= 4 is 27.7 Å². The van der Waals surface area contributed by atoms with Gasteiger partial charge in [0.25, 0.3) is 0 Å². The lowest BCUT2D eigenvalue weighted by molar-refractivity contribution is -0.143. The molecule has 5 atom stereocenters. The molecule has 0 spiro atoms. The molecular weight excluding hydrogens is 671 g/mol. The van der Waals surface area contributed by atoms with Crippen LogP contribution in [0.25, 0.3) is 0 Å². The maximum absolute atomic E-state index is 14.2. The SMILES string of the molecule is CCCCN(CC(O)C(CC1CCC(O)CC1)NC(=O)C1CC(C(=O)N(C)C)CC(C(=O)N(CCC)CCC)C1)NS(=O)(=O)CC1CCCCC1. The van der Waals surface area contributed by atoms with E-state index in [0.29, 0.717) is 58.2 Å². The number of rotatable bonds is 20. The van der Waals surface area contributed by atoms with Crippen molar-refractivity contribution < 1.29 is 33.0 Å². The van der Waals surface area contributed by atoms with Gasteiger partial charge in [0, 0.05) is 58.0 Å². The molecule has 3 saturated carbocycles. The van der Waals surface area contributed by atoms with Gasteiger partial charge in [0.1, 0.15) is 0 Å². The fourth-order valence-corrected chi connectivity index (χ4v) is 10.1. The summed E-state index contributed by atoms with van der Waals surface area (Å²) in [4.78, 5) is 47.5. The second-order valence-electron chi connectivity index (χ2n) is 16.1. The molecule has 3 aliphatic rings. The Balaban J connectivity index is 1.81. The number of carbonyl (C=O) groups is 3. The Morgan fingerprint density at radius 1 is 0.765 bits per heavy atom. The van der Waals surface area contributed by atoms with E-state index in [1.54, 1.807) is 19.1 Å². The summed E-state index contributed by atoms with van der Waals surface area (Å²) in [5, 5.41) is 26.7. The molecule has 4 N–H and O–H groups in total. The van der Waals surface area contributed by atoms with E-state index in [1.807, 2.05) is 25.7 Å². The maximum Gasteiger partial charge on any atom is 0.225 e. The highest BCUT2D eigenvalue weighted by Gasteiger charge is 2.42. The Bertz CT molecular complexity index is 1170. The number of aliphatic hydroxyl groups excluding tert-OH is 2. The van der Waals surface area contributed by atoms with Crippen LogP contribution in [0.5, 0.6) is 0 Å². The highest BCUT2D eigenvalue weighted by molar-refractivity contribution is 7.89. The van der Waals surface area contributed by atoms with E-state index in [2.05, 4.69) is 10.1 Å². The van der Waals surface area contributed by atoms with Gasteiger partial charge in [-0.25, -0.2) is 13.4 Å². The summed E-state index contributed by atoms with van der Waals surface area (Å²) < 4.78 is 26.6. The second kappa shape index (κ2) is 21.8. The normalized spacial score (nSPS) is 26.0. The molecule has 0 aromatic rings. The number of aliphatic hydroxyl groups is 2. The van der Waals surface area contributed by atoms with Crippen LogP contribution in [0.2, 0.25) is 0 Å². The summed E-state index contributed by atoms with van der Waals surface area (Å²) in [6, 6.07) is -0.666. The van der Waals surface area contributed by atoms with E-state index in [1.165, 1.54) is 4.90 Å². The zero-order chi connectivity index (χ0) is 37.6. The number of amides is 3. The van der Waals surface area contributed by atoms with Gasteiger partial charge < -0.3 is 25.3 Å². The Hall–Kier alpha value is -1.80. The quantitative estimate of drug-likeness (QED) is 0.136. The molecule has 3 aliphatic carbocycles. The average Bonchev–Trinajstić information content (AvgIpc) is 3.10. The molecule has 0 aromatic carbocycles. The number of hydrogen-bond acceptors (Lipinski definition) is 8. The van der Waals surface area contributed by atoms with Crippen molar-refractivity contribution in [1.82, 2.24) is 25.0 Å². The van der Waals surface area contributed by atoms with Gasteiger partial charge in [-0.3, -0.25) is 14.4 Å². The molecule has 0 heterocycles. The molecule has 3 fully saturated rings. The van der Waals surface area contributed by atoms with Crippen LogP contribution in [-0.2, 0) is 24.4 Å². The first-order chi connectivity index (χ1) is 24.3. The Morgan fingerprint density at radius 2 is 1.35 bits per heavy atom. The first-order valence-corrected chi connectivity index (χ1v) is 21.8. The van der Waals surface area contributed by atoms with E-state index < -0.39 is 39.9 Å². The zero-order valence-electron chi connectivity index (χ0n) is 32.4. The molecule has 296 valence electrons. The number of carbonyl (C=O) groups excluding carboxylic acids is 3. The molecule has 3 amide bonds. The monoisotopic (exact) mass is 742 g/mol. The van der Waals surface area contributed by atoms with Crippen molar-refractivity contribution in [1.29, 1.82) is 0 Å². The van der Waals surface area contributed by atoms with Gasteiger partial charge in [-0.1, -0.05) is 46.5 Å². The van der Waals surface area contributed by atoms with E-state index >= 15 is 0 Å². The average molecular weight is 742 g/mol. The number of hydrogen-bond donors (Lipinski definition) is 4. The predicted octanol–water partition coefficient (Wildman–Crippen LogP) is 4.06. The van der Waals surface area contributed by atoms with Crippen molar-refractivity contribution in [3.05, 3.63) is 0 Å². The minimum Gasteiger partial charge on any atom is -0.393 e. The number of hydrazine groups is 1. The Morgan fingerprint density at radius 3 is 1.92 bits per heavy atom. The largest absolute Gasteiger partial charge is 0.393 e. The first kappa shape index (κ1) is 43.6. The molecule has 51 heavy (non-hydrogen) atoms. The molecule has 0 radical (unpaired) electrons. The number of nitrogens with one attached hydrogen (secondary N) is 2. The molecule has 12 nitrogen and oxygen atoms in total. The van der Waals surface area contributed by atoms with Gasteiger partial charge >= 0.3 is 0 Å². The summed E-state index contributed by atoms with van der Waals surface area (Å²) in [6.07, 6.45) is 11.3. The van der Waals surface area contributed by atoms with Gasteiger partial charge in [-0.05, 0) is 95.3 Å². The van der Waals surface area contributed by atoms with Crippen molar-refractivity contribution in [2.45, 2.75) is 148 Å². The third kappa shape index (κ3) is 14.5. The number of sulfonamides is 1. The smallest absolute Gasteiger partial charge is 0.225 e. The topological polar surface area (TPSA) is 160 Å². The van der Waals surface area contributed by atoms with Gasteiger partial charge in [0.05, 0.1) is 24.0 Å². The summed E-state index contributed by atoms with van der Waals surface area (Å²) in [5.41, 5.74) is 0. The third-order valence-electron chi connectivity index (χ3n) is 11.3. The predicted molar refractivity (Wildman–Crippen MR) is 201 cm³/mol. The lowest BCUT2D eigenvalue weighted by Crippen LogP contribution is -2.55. The number of nitrogens with zero attached hydrogens (tertiary/aromatic N) is 3. The zero-order valence-corrected chi connectivity index (χ0v) is 33.2. The summed E-state index contributed by atoms with van der Waals surface area (Å²) in [5.74, 6) is -1.49. The Labute approximate surface area is 308 Å². The maximum atomic E-state index is 14.2. The van der Waals surface area contributed by atoms with E-state index in [9.17, 15) is 33.0 Å². The molecular formula is C38H71N5O7S.